The Morgan fingerprint density at radius 1 is 1.30 bits per heavy atom. The van der Waals surface area contributed by atoms with Crippen molar-refractivity contribution in [3.8, 4) is 5.75 Å². The molecule has 1 aromatic carbocycles. The molecular formula is C6H5ClO2S. The highest BCUT2D eigenvalue weighted by atomic mass is 35.5. The molecule has 0 unspecified atom stereocenters. The molecule has 0 fully saturated rings. The van der Waals surface area contributed by atoms with Crippen LogP contribution in [0, 0.1) is 0 Å². The van der Waals surface area contributed by atoms with E-state index in [2.05, 4.69) is 4.18 Å². The molecule has 0 radical (unpaired) electrons. The lowest BCUT2D eigenvalue weighted by Gasteiger charge is -1.94. The van der Waals surface area contributed by atoms with E-state index in [1.54, 1.807) is 24.3 Å². The van der Waals surface area contributed by atoms with Gasteiger partial charge in [-0.3, -0.25) is 0 Å². The standard InChI is InChI=1S/C6H5ClO2S/c7-5-1-3-6(4-2-5)9-10-8/h1-4,10H. The van der Waals surface area contributed by atoms with Gasteiger partial charge in [-0.2, -0.15) is 0 Å². The highest BCUT2D eigenvalue weighted by Gasteiger charge is 1.89. The Morgan fingerprint density at radius 3 is 2.40 bits per heavy atom. The molecule has 0 bridgehead atoms. The molecule has 0 N–H and O–H groups in total. The van der Waals surface area contributed by atoms with Gasteiger partial charge in [-0.15, -0.1) is 0 Å². The van der Waals surface area contributed by atoms with Crippen molar-refractivity contribution >= 4 is 23.5 Å². The normalized spacial score (nSPS) is 9.30. The zero-order valence-corrected chi connectivity index (χ0v) is 6.60. The highest BCUT2D eigenvalue weighted by Crippen LogP contribution is 2.14. The molecule has 10 heavy (non-hydrogen) atoms. The number of halogens is 1. The van der Waals surface area contributed by atoms with Crippen molar-refractivity contribution in [1.82, 2.24) is 0 Å². The van der Waals surface area contributed by atoms with Crippen LogP contribution in [-0.4, -0.2) is 4.21 Å². The van der Waals surface area contributed by atoms with Crippen LogP contribution in [0.15, 0.2) is 24.3 Å². The predicted molar refractivity (Wildman–Crippen MR) is 41.6 cm³/mol. The van der Waals surface area contributed by atoms with Crippen LogP contribution in [0.5, 0.6) is 5.75 Å². The third-order valence-electron chi connectivity index (χ3n) is 0.956. The Bertz CT molecular complexity index is 222. The van der Waals surface area contributed by atoms with Gasteiger partial charge >= 0.3 is 0 Å². The lowest BCUT2D eigenvalue weighted by molar-refractivity contribution is 0.582. The number of benzene rings is 1. The van der Waals surface area contributed by atoms with Crippen LogP contribution in [0.25, 0.3) is 0 Å². The van der Waals surface area contributed by atoms with E-state index in [4.69, 9.17) is 11.6 Å². The van der Waals surface area contributed by atoms with Gasteiger partial charge in [-0.05, 0) is 24.3 Å². The first-order valence-corrected chi connectivity index (χ1v) is 3.69. The van der Waals surface area contributed by atoms with E-state index >= 15 is 0 Å². The molecule has 0 aromatic heterocycles. The molecule has 0 spiro atoms. The van der Waals surface area contributed by atoms with Gasteiger partial charge in [0.05, 0.1) is 0 Å². The summed E-state index contributed by atoms with van der Waals surface area (Å²) in [6, 6.07) is 6.63. The number of rotatable bonds is 2. The summed E-state index contributed by atoms with van der Waals surface area (Å²) >= 11 is 5.23. The van der Waals surface area contributed by atoms with Crippen LogP contribution >= 0.6 is 11.6 Å². The fraction of sp³-hybridized carbons (Fsp3) is 0. The van der Waals surface area contributed by atoms with Crippen LogP contribution < -0.4 is 4.18 Å². The molecule has 0 aliphatic heterocycles. The van der Waals surface area contributed by atoms with Gasteiger partial charge in [0.15, 0.2) is 11.9 Å². The smallest absolute Gasteiger partial charge is 0.193 e. The molecule has 4 heteroatoms. The minimum Gasteiger partial charge on any atom is -0.403 e. The molecule has 0 saturated heterocycles. The fourth-order valence-electron chi connectivity index (χ4n) is 0.538. The zero-order chi connectivity index (χ0) is 7.40. The maximum Gasteiger partial charge on any atom is 0.193 e. The van der Waals surface area contributed by atoms with E-state index in [-0.39, 0.29) is 11.9 Å². The van der Waals surface area contributed by atoms with Crippen molar-refractivity contribution < 1.29 is 8.39 Å². The predicted octanol–water partition coefficient (Wildman–Crippen LogP) is 1.58. The van der Waals surface area contributed by atoms with E-state index in [1.165, 1.54) is 0 Å². The summed E-state index contributed by atoms with van der Waals surface area (Å²) in [7, 11) is 0. The molecule has 0 saturated carbocycles. The van der Waals surface area contributed by atoms with Crippen LogP contribution in [0.3, 0.4) is 0 Å². The summed E-state index contributed by atoms with van der Waals surface area (Å²) < 4.78 is 14.5. The topological polar surface area (TPSA) is 26.3 Å². The Kier molecular flexibility index (Phi) is 2.71. The molecule has 0 heterocycles. The van der Waals surface area contributed by atoms with Crippen molar-refractivity contribution in [3.05, 3.63) is 29.3 Å². The van der Waals surface area contributed by atoms with Crippen molar-refractivity contribution in [2.45, 2.75) is 0 Å². The molecular weight excluding hydrogens is 172 g/mol. The SMILES string of the molecule is O=[SH]Oc1ccc(Cl)cc1. The highest BCUT2D eigenvalue weighted by molar-refractivity contribution is 7.60. The molecule has 0 amide bonds. The lowest BCUT2D eigenvalue weighted by Crippen LogP contribution is -1.81. The van der Waals surface area contributed by atoms with E-state index in [0.29, 0.717) is 10.8 Å². The average Bonchev–Trinajstić information content (AvgIpc) is 1.95. The quantitative estimate of drug-likeness (QED) is 0.693. The number of hydrogen-bond donors (Lipinski definition) is 1. The fourth-order valence-corrected chi connectivity index (χ4v) is 0.872. The summed E-state index contributed by atoms with van der Waals surface area (Å²) in [5.41, 5.74) is 0. The molecule has 1 rings (SSSR count). The van der Waals surface area contributed by atoms with Gasteiger partial charge in [0.25, 0.3) is 0 Å². The van der Waals surface area contributed by atoms with Gasteiger partial charge in [0.1, 0.15) is 5.75 Å². The van der Waals surface area contributed by atoms with Crippen LogP contribution in [0.4, 0.5) is 0 Å². The van der Waals surface area contributed by atoms with Gasteiger partial charge < -0.3 is 4.18 Å². The van der Waals surface area contributed by atoms with E-state index in [0.717, 1.165) is 0 Å². The van der Waals surface area contributed by atoms with Gasteiger partial charge in [0.2, 0.25) is 0 Å². The Balaban J connectivity index is 2.78. The first-order chi connectivity index (χ1) is 4.83. The maximum absolute atomic E-state index is 9.90. The van der Waals surface area contributed by atoms with E-state index < -0.39 is 0 Å². The van der Waals surface area contributed by atoms with Crippen LogP contribution in [0.1, 0.15) is 0 Å². The third-order valence-corrected chi connectivity index (χ3v) is 1.49. The third kappa shape index (κ3) is 2.01. The Labute approximate surface area is 67.5 Å². The van der Waals surface area contributed by atoms with Crippen molar-refractivity contribution in [1.29, 1.82) is 0 Å². The Morgan fingerprint density at radius 2 is 1.90 bits per heavy atom. The summed E-state index contributed by atoms with van der Waals surface area (Å²) in [5, 5.41) is 0.634. The lowest BCUT2D eigenvalue weighted by atomic mass is 10.3. The second-order valence-electron chi connectivity index (χ2n) is 1.62. The van der Waals surface area contributed by atoms with Gasteiger partial charge in [0, 0.05) is 5.02 Å². The second kappa shape index (κ2) is 3.58. The molecule has 0 atom stereocenters. The second-order valence-corrected chi connectivity index (χ2v) is 2.39. The number of thiol groups is 1. The molecule has 1 aromatic rings. The zero-order valence-electron chi connectivity index (χ0n) is 4.95. The van der Waals surface area contributed by atoms with Crippen LogP contribution in [-0.2, 0) is 11.9 Å². The van der Waals surface area contributed by atoms with Crippen LogP contribution in [0.2, 0.25) is 5.02 Å². The first kappa shape index (κ1) is 7.57. The summed E-state index contributed by atoms with van der Waals surface area (Å²) in [4.78, 5) is 0. The Hall–Kier alpha value is -0.540. The van der Waals surface area contributed by atoms with Gasteiger partial charge in [-0.1, -0.05) is 11.6 Å². The molecule has 54 valence electrons. The molecule has 0 aliphatic rings. The molecule has 2 nitrogen and oxygen atoms in total. The summed E-state index contributed by atoms with van der Waals surface area (Å²) in [6.07, 6.45) is 0. The van der Waals surface area contributed by atoms with Crippen molar-refractivity contribution in [3.63, 3.8) is 0 Å². The number of hydrogen-bond acceptors (Lipinski definition) is 2. The first-order valence-electron chi connectivity index (χ1n) is 2.58. The maximum atomic E-state index is 9.90. The van der Waals surface area contributed by atoms with Crippen molar-refractivity contribution in [2.24, 2.45) is 0 Å². The van der Waals surface area contributed by atoms with E-state index in [9.17, 15) is 4.21 Å². The monoisotopic (exact) mass is 176 g/mol. The minimum absolute atomic E-state index is 0.347. The largest absolute Gasteiger partial charge is 0.403 e. The van der Waals surface area contributed by atoms with Gasteiger partial charge in [-0.25, -0.2) is 4.21 Å². The molecule has 0 aliphatic carbocycles. The summed E-state index contributed by atoms with van der Waals surface area (Å²) in [6.45, 7) is 0. The van der Waals surface area contributed by atoms with Crippen molar-refractivity contribution in [2.75, 3.05) is 0 Å². The van der Waals surface area contributed by atoms with E-state index in [1.807, 2.05) is 0 Å². The minimum atomic E-state index is -0.347. The summed E-state index contributed by atoms with van der Waals surface area (Å²) in [5.74, 6) is 0.543. The average molecular weight is 177 g/mol.